The third-order valence-electron chi connectivity index (χ3n) is 3.35. The maximum Gasteiger partial charge on any atom is 0.288 e. The van der Waals surface area contributed by atoms with Crippen LogP contribution in [0.4, 0.5) is 17.6 Å². The number of hydrogen-bond donors (Lipinski definition) is 0. The summed E-state index contributed by atoms with van der Waals surface area (Å²) in [6.45, 7) is 3.45. The van der Waals surface area contributed by atoms with E-state index in [1.54, 1.807) is 19.9 Å². The predicted molar refractivity (Wildman–Crippen MR) is 72.0 cm³/mol. The first-order valence-electron chi connectivity index (χ1n) is 6.51. The summed E-state index contributed by atoms with van der Waals surface area (Å²) in [6.07, 6.45) is -2.04. The SMILES string of the molecule is CCOCOC1c2c(SC(F)F)ccc(C)c2CC1(F)F. The standard InChI is InChI=1S/C14H16F4O2S/c1-3-19-7-20-12-11-9(6-14(12,17)18)8(2)4-5-10(11)21-13(15)16/h4-5,12-13H,3,6-7H2,1-2H3. The zero-order chi connectivity index (χ0) is 15.6. The Bertz CT molecular complexity index is 508. The van der Waals surface area contributed by atoms with Crippen LogP contribution in [0.25, 0.3) is 0 Å². The van der Waals surface area contributed by atoms with Crippen LogP contribution in [0.1, 0.15) is 29.7 Å². The normalized spacial score (nSPS) is 20.0. The van der Waals surface area contributed by atoms with Crippen molar-refractivity contribution < 1.29 is 27.0 Å². The van der Waals surface area contributed by atoms with Crippen molar-refractivity contribution in [3.8, 4) is 0 Å². The molecule has 0 saturated heterocycles. The van der Waals surface area contributed by atoms with E-state index in [4.69, 9.17) is 9.47 Å². The van der Waals surface area contributed by atoms with E-state index >= 15 is 0 Å². The number of alkyl halides is 4. The van der Waals surface area contributed by atoms with Gasteiger partial charge in [-0.15, -0.1) is 0 Å². The van der Waals surface area contributed by atoms with E-state index in [0.29, 0.717) is 17.7 Å². The number of thioether (sulfide) groups is 1. The van der Waals surface area contributed by atoms with Crippen LogP contribution in [0, 0.1) is 6.92 Å². The number of halogens is 4. The topological polar surface area (TPSA) is 18.5 Å². The molecule has 118 valence electrons. The number of ether oxygens (including phenoxy) is 2. The Labute approximate surface area is 124 Å². The Morgan fingerprint density at radius 3 is 2.71 bits per heavy atom. The molecule has 1 aromatic rings. The van der Waals surface area contributed by atoms with Crippen LogP contribution in [-0.2, 0) is 15.9 Å². The lowest BCUT2D eigenvalue weighted by atomic mass is 10.0. The van der Waals surface area contributed by atoms with E-state index in [1.807, 2.05) is 0 Å². The second-order valence-corrected chi connectivity index (χ2v) is 5.78. The summed E-state index contributed by atoms with van der Waals surface area (Å²) in [4.78, 5) is 0.143. The smallest absolute Gasteiger partial charge is 0.288 e. The van der Waals surface area contributed by atoms with Gasteiger partial charge in [0.1, 0.15) is 6.79 Å². The average molecular weight is 324 g/mol. The van der Waals surface area contributed by atoms with E-state index in [0.717, 1.165) is 0 Å². The summed E-state index contributed by atoms with van der Waals surface area (Å²) < 4.78 is 63.6. The molecule has 0 N–H and O–H groups in total. The minimum absolute atomic E-state index is 0.143. The first kappa shape index (κ1) is 16.6. The molecule has 1 aliphatic carbocycles. The molecule has 0 aliphatic heterocycles. The van der Waals surface area contributed by atoms with E-state index in [2.05, 4.69) is 0 Å². The van der Waals surface area contributed by atoms with E-state index < -0.39 is 24.2 Å². The van der Waals surface area contributed by atoms with Crippen molar-refractivity contribution in [2.75, 3.05) is 13.4 Å². The summed E-state index contributed by atoms with van der Waals surface area (Å²) >= 11 is 0.269. The molecule has 0 radical (unpaired) electrons. The maximum atomic E-state index is 14.1. The number of benzene rings is 1. The van der Waals surface area contributed by atoms with Crippen molar-refractivity contribution in [2.24, 2.45) is 0 Å². The molecule has 1 aromatic carbocycles. The molecule has 0 spiro atoms. The summed E-state index contributed by atoms with van der Waals surface area (Å²) in [7, 11) is 0. The predicted octanol–water partition coefficient (Wildman–Crippen LogP) is 4.55. The molecule has 0 bridgehead atoms. The van der Waals surface area contributed by atoms with Gasteiger partial charge in [0.05, 0.1) is 0 Å². The Kier molecular flexibility index (Phi) is 5.16. The van der Waals surface area contributed by atoms with E-state index in [1.165, 1.54) is 6.07 Å². The number of fused-ring (bicyclic) bond motifs is 1. The lowest BCUT2D eigenvalue weighted by Gasteiger charge is -2.21. The largest absolute Gasteiger partial charge is 0.356 e. The van der Waals surface area contributed by atoms with Gasteiger partial charge in [-0.1, -0.05) is 17.8 Å². The fourth-order valence-electron chi connectivity index (χ4n) is 2.42. The summed E-state index contributed by atoms with van der Waals surface area (Å²) in [5.74, 6) is -5.79. The highest BCUT2D eigenvalue weighted by Crippen LogP contribution is 2.50. The summed E-state index contributed by atoms with van der Waals surface area (Å²) in [6, 6.07) is 3.04. The van der Waals surface area contributed by atoms with Gasteiger partial charge in [0.25, 0.3) is 11.7 Å². The zero-order valence-corrected chi connectivity index (χ0v) is 12.5. The third-order valence-corrected chi connectivity index (χ3v) is 4.14. The molecule has 7 heteroatoms. The van der Waals surface area contributed by atoms with Crippen LogP contribution in [0.3, 0.4) is 0 Å². The monoisotopic (exact) mass is 324 g/mol. The molecule has 0 amide bonds. The van der Waals surface area contributed by atoms with Crippen molar-refractivity contribution in [3.05, 3.63) is 28.8 Å². The van der Waals surface area contributed by atoms with Gasteiger partial charge in [-0.2, -0.15) is 8.78 Å². The first-order chi connectivity index (χ1) is 9.86. The number of aryl methyl sites for hydroxylation is 1. The van der Waals surface area contributed by atoms with Crippen LogP contribution in [0.15, 0.2) is 17.0 Å². The van der Waals surface area contributed by atoms with E-state index in [9.17, 15) is 17.6 Å². The molecule has 0 fully saturated rings. The van der Waals surface area contributed by atoms with Crippen LogP contribution in [0.5, 0.6) is 0 Å². The molecular formula is C14H16F4O2S. The first-order valence-corrected chi connectivity index (χ1v) is 7.39. The molecule has 1 aliphatic rings. The fourth-order valence-corrected chi connectivity index (χ4v) is 3.11. The van der Waals surface area contributed by atoms with Crippen LogP contribution >= 0.6 is 11.8 Å². The fraction of sp³-hybridized carbons (Fsp3) is 0.571. The Hall–Kier alpha value is -0.790. The molecule has 2 rings (SSSR count). The van der Waals surface area contributed by atoms with Crippen molar-refractivity contribution in [2.45, 2.75) is 42.9 Å². The Morgan fingerprint density at radius 1 is 1.38 bits per heavy atom. The highest BCUT2D eigenvalue weighted by atomic mass is 32.2. The molecule has 2 nitrogen and oxygen atoms in total. The van der Waals surface area contributed by atoms with Crippen LogP contribution < -0.4 is 0 Å². The number of rotatable bonds is 6. The average Bonchev–Trinajstić information content (AvgIpc) is 2.66. The maximum absolute atomic E-state index is 14.1. The summed E-state index contributed by atoms with van der Waals surface area (Å²) in [5.41, 5.74) is 1.22. The van der Waals surface area contributed by atoms with Gasteiger partial charge in [-0.25, -0.2) is 8.78 Å². The highest BCUT2D eigenvalue weighted by molar-refractivity contribution is 7.99. The van der Waals surface area contributed by atoms with Crippen molar-refractivity contribution in [1.29, 1.82) is 0 Å². The second kappa shape index (κ2) is 6.54. The van der Waals surface area contributed by atoms with Gasteiger partial charge in [0, 0.05) is 23.5 Å². The van der Waals surface area contributed by atoms with Gasteiger partial charge >= 0.3 is 0 Å². The van der Waals surface area contributed by atoms with Crippen LogP contribution in [0.2, 0.25) is 0 Å². The highest BCUT2D eigenvalue weighted by Gasteiger charge is 2.50. The van der Waals surface area contributed by atoms with Crippen molar-refractivity contribution in [1.82, 2.24) is 0 Å². The Morgan fingerprint density at radius 2 is 2.10 bits per heavy atom. The van der Waals surface area contributed by atoms with Gasteiger partial charge in [0.15, 0.2) is 6.10 Å². The lowest BCUT2D eigenvalue weighted by molar-refractivity contribution is -0.175. The van der Waals surface area contributed by atoms with Crippen molar-refractivity contribution >= 4 is 11.8 Å². The molecule has 1 unspecified atom stereocenters. The van der Waals surface area contributed by atoms with Crippen LogP contribution in [-0.4, -0.2) is 25.1 Å². The minimum atomic E-state index is -3.12. The zero-order valence-electron chi connectivity index (χ0n) is 11.7. The van der Waals surface area contributed by atoms with Gasteiger partial charge in [0.2, 0.25) is 0 Å². The minimum Gasteiger partial charge on any atom is -0.356 e. The molecule has 0 heterocycles. The Balaban J connectivity index is 2.38. The third kappa shape index (κ3) is 3.52. The molecular weight excluding hydrogens is 308 g/mol. The van der Waals surface area contributed by atoms with E-state index in [-0.39, 0.29) is 29.0 Å². The second-order valence-electron chi connectivity index (χ2n) is 4.75. The van der Waals surface area contributed by atoms with Gasteiger partial charge in [-0.3, -0.25) is 0 Å². The van der Waals surface area contributed by atoms with Crippen molar-refractivity contribution in [3.63, 3.8) is 0 Å². The molecule has 0 aromatic heterocycles. The van der Waals surface area contributed by atoms with Gasteiger partial charge < -0.3 is 9.47 Å². The lowest BCUT2D eigenvalue weighted by Crippen LogP contribution is -2.25. The quantitative estimate of drug-likeness (QED) is 0.331. The van der Waals surface area contributed by atoms with Gasteiger partial charge in [-0.05, 0) is 31.0 Å². The molecule has 0 saturated carbocycles. The summed E-state index contributed by atoms with van der Waals surface area (Å²) in [5, 5.41) is 0. The number of hydrogen-bond acceptors (Lipinski definition) is 3. The molecule has 1 atom stereocenters. The molecule has 21 heavy (non-hydrogen) atoms.